The molecule has 1 heterocycles. The molecule has 19 heavy (non-hydrogen) atoms. The maximum atomic E-state index is 12.4. The van der Waals surface area contributed by atoms with Gasteiger partial charge in [-0.25, -0.2) is 0 Å². The average molecular weight is 374 g/mol. The first-order valence-corrected chi connectivity index (χ1v) is 7.58. The van der Waals surface area contributed by atoms with Crippen LogP contribution in [-0.2, 0) is 0 Å². The van der Waals surface area contributed by atoms with Gasteiger partial charge < -0.3 is 10.0 Å². The van der Waals surface area contributed by atoms with Crippen LogP contribution < -0.4 is 0 Å². The summed E-state index contributed by atoms with van der Waals surface area (Å²) in [6.07, 6.45) is 1.04. The fourth-order valence-electron chi connectivity index (χ4n) is 2.40. The molecule has 1 saturated heterocycles. The van der Waals surface area contributed by atoms with Gasteiger partial charge in [-0.2, -0.15) is 0 Å². The fraction of sp³-hybridized carbons (Fsp3) is 0.500. The lowest BCUT2D eigenvalue weighted by Gasteiger charge is -2.39. The van der Waals surface area contributed by atoms with Crippen LogP contribution in [0.4, 0.5) is 0 Å². The molecule has 1 aromatic carbocycles. The molecule has 104 valence electrons. The van der Waals surface area contributed by atoms with Crippen LogP contribution in [0.5, 0.6) is 5.75 Å². The second-order valence-corrected chi connectivity index (χ2v) is 6.12. The van der Waals surface area contributed by atoms with Crippen LogP contribution in [0.2, 0.25) is 0 Å². The van der Waals surface area contributed by atoms with Gasteiger partial charge >= 0.3 is 0 Å². The monoisotopic (exact) mass is 374 g/mol. The number of phenolic OH excluding ortho intramolecular Hbond substituents is 1. The molecule has 1 aromatic rings. The van der Waals surface area contributed by atoms with Crippen molar-refractivity contribution in [3.8, 4) is 5.75 Å². The SMILES string of the molecule is CCC1CN(C(=O)c2ccc(I)c(O)c2)CCN1C. The second-order valence-electron chi connectivity index (χ2n) is 4.96. The molecule has 0 radical (unpaired) electrons. The minimum Gasteiger partial charge on any atom is -0.507 e. The summed E-state index contributed by atoms with van der Waals surface area (Å²) in [5, 5.41) is 9.70. The molecular weight excluding hydrogens is 355 g/mol. The van der Waals surface area contributed by atoms with E-state index in [1.807, 2.05) is 27.5 Å². The highest BCUT2D eigenvalue weighted by Gasteiger charge is 2.26. The van der Waals surface area contributed by atoms with E-state index in [0.29, 0.717) is 11.6 Å². The quantitative estimate of drug-likeness (QED) is 0.807. The van der Waals surface area contributed by atoms with Crippen LogP contribution in [0.15, 0.2) is 18.2 Å². The first-order valence-electron chi connectivity index (χ1n) is 6.51. The maximum Gasteiger partial charge on any atom is 0.254 e. The van der Waals surface area contributed by atoms with Gasteiger partial charge in [0.2, 0.25) is 0 Å². The van der Waals surface area contributed by atoms with Crippen LogP contribution in [0.25, 0.3) is 0 Å². The van der Waals surface area contributed by atoms with E-state index >= 15 is 0 Å². The number of hydrogen-bond donors (Lipinski definition) is 1. The van der Waals surface area contributed by atoms with Gasteiger partial charge in [0.25, 0.3) is 5.91 Å². The van der Waals surface area contributed by atoms with Crippen LogP contribution in [0.3, 0.4) is 0 Å². The van der Waals surface area contributed by atoms with E-state index in [4.69, 9.17) is 0 Å². The lowest BCUT2D eigenvalue weighted by Crippen LogP contribution is -2.52. The van der Waals surface area contributed by atoms with Gasteiger partial charge in [0.1, 0.15) is 5.75 Å². The summed E-state index contributed by atoms with van der Waals surface area (Å²) in [5.74, 6) is 0.186. The topological polar surface area (TPSA) is 43.8 Å². The van der Waals surface area contributed by atoms with Crippen molar-refractivity contribution in [3.05, 3.63) is 27.3 Å². The predicted molar refractivity (Wildman–Crippen MR) is 83.4 cm³/mol. The first-order chi connectivity index (χ1) is 9.02. The zero-order chi connectivity index (χ0) is 14.0. The number of piperazine rings is 1. The highest BCUT2D eigenvalue weighted by atomic mass is 127. The summed E-state index contributed by atoms with van der Waals surface area (Å²) in [6.45, 7) is 4.56. The van der Waals surface area contributed by atoms with E-state index < -0.39 is 0 Å². The molecule has 0 saturated carbocycles. The number of phenols is 1. The number of halogens is 1. The minimum atomic E-state index is 0.0123. The summed E-state index contributed by atoms with van der Waals surface area (Å²) in [5.41, 5.74) is 0.567. The van der Waals surface area contributed by atoms with Crippen molar-refractivity contribution in [2.45, 2.75) is 19.4 Å². The Morgan fingerprint density at radius 3 is 2.84 bits per heavy atom. The zero-order valence-corrected chi connectivity index (χ0v) is 13.4. The van der Waals surface area contributed by atoms with E-state index in [0.717, 1.165) is 29.6 Å². The third-order valence-corrected chi connectivity index (χ3v) is 4.64. The van der Waals surface area contributed by atoms with Crippen LogP contribution >= 0.6 is 22.6 Å². The summed E-state index contributed by atoms with van der Waals surface area (Å²) in [4.78, 5) is 16.6. The number of rotatable bonds is 2. The van der Waals surface area contributed by atoms with Gasteiger partial charge in [-0.05, 0) is 54.3 Å². The summed E-state index contributed by atoms with van der Waals surface area (Å²) >= 11 is 2.05. The first kappa shape index (κ1) is 14.6. The molecule has 1 aliphatic rings. The maximum absolute atomic E-state index is 12.4. The Morgan fingerprint density at radius 1 is 1.47 bits per heavy atom. The van der Waals surface area contributed by atoms with Gasteiger partial charge in [0.15, 0.2) is 0 Å². The Balaban J connectivity index is 2.13. The van der Waals surface area contributed by atoms with Crippen LogP contribution in [0, 0.1) is 3.57 Å². The van der Waals surface area contributed by atoms with Crippen molar-refractivity contribution in [2.75, 3.05) is 26.7 Å². The van der Waals surface area contributed by atoms with Crippen LogP contribution in [-0.4, -0.2) is 53.5 Å². The molecule has 1 atom stereocenters. The summed E-state index contributed by atoms with van der Waals surface area (Å²) in [7, 11) is 2.10. The molecule has 0 aromatic heterocycles. The molecule has 2 rings (SSSR count). The average Bonchev–Trinajstić information content (AvgIpc) is 2.41. The van der Waals surface area contributed by atoms with Crippen molar-refractivity contribution in [1.82, 2.24) is 9.80 Å². The Morgan fingerprint density at radius 2 is 2.21 bits per heavy atom. The van der Waals surface area contributed by atoms with E-state index in [1.54, 1.807) is 18.2 Å². The van der Waals surface area contributed by atoms with E-state index in [-0.39, 0.29) is 11.7 Å². The number of carbonyl (C=O) groups excluding carboxylic acids is 1. The number of aromatic hydroxyl groups is 1. The second kappa shape index (κ2) is 6.09. The van der Waals surface area contributed by atoms with Crippen molar-refractivity contribution in [3.63, 3.8) is 0 Å². The standard InChI is InChI=1S/C14H19IN2O2/c1-3-11-9-17(7-6-16(11)2)14(19)10-4-5-12(15)13(18)8-10/h4-5,8,11,18H,3,6-7,9H2,1-2H3. The normalized spacial score (nSPS) is 20.6. The number of benzene rings is 1. The highest BCUT2D eigenvalue weighted by Crippen LogP contribution is 2.22. The third-order valence-electron chi connectivity index (χ3n) is 3.73. The van der Waals surface area contributed by atoms with Gasteiger partial charge in [0.05, 0.1) is 3.57 Å². The Hall–Kier alpha value is -0.820. The highest BCUT2D eigenvalue weighted by molar-refractivity contribution is 14.1. The molecule has 1 unspecified atom stereocenters. The summed E-state index contributed by atoms with van der Waals surface area (Å²) < 4.78 is 0.763. The summed E-state index contributed by atoms with van der Waals surface area (Å²) in [6, 6.07) is 5.54. The van der Waals surface area contributed by atoms with Crippen LogP contribution in [0.1, 0.15) is 23.7 Å². The molecule has 0 aliphatic carbocycles. The third kappa shape index (κ3) is 3.20. The van der Waals surface area contributed by atoms with E-state index in [2.05, 4.69) is 18.9 Å². The lowest BCUT2D eigenvalue weighted by molar-refractivity contribution is 0.0541. The van der Waals surface area contributed by atoms with Gasteiger partial charge in [-0.15, -0.1) is 0 Å². The number of hydrogen-bond acceptors (Lipinski definition) is 3. The number of amides is 1. The fourth-order valence-corrected chi connectivity index (χ4v) is 2.74. The smallest absolute Gasteiger partial charge is 0.254 e. The number of nitrogens with zero attached hydrogens (tertiary/aromatic N) is 2. The Kier molecular flexibility index (Phi) is 4.67. The molecule has 1 N–H and O–H groups in total. The Labute approximate surface area is 127 Å². The number of likely N-dealkylation sites (N-methyl/N-ethyl adjacent to an activating group) is 1. The predicted octanol–water partition coefficient (Wildman–Crippen LogP) is 2.16. The van der Waals surface area contributed by atoms with E-state index in [9.17, 15) is 9.90 Å². The van der Waals surface area contributed by atoms with Gasteiger partial charge in [-0.1, -0.05) is 6.92 Å². The molecular formula is C14H19IN2O2. The molecule has 0 bridgehead atoms. The molecule has 1 fully saturated rings. The van der Waals surface area contributed by atoms with Crippen molar-refractivity contribution >= 4 is 28.5 Å². The molecule has 0 spiro atoms. The lowest BCUT2D eigenvalue weighted by atomic mass is 10.1. The van der Waals surface area contributed by atoms with Gasteiger partial charge in [0, 0.05) is 31.2 Å². The molecule has 4 nitrogen and oxygen atoms in total. The van der Waals surface area contributed by atoms with E-state index in [1.165, 1.54) is 0 Å². The van der Waals surface area contributed by atoms with Crippen molar-refractivity contribution < 1.29 is 9.90 Å². The Bertz CT molecular complexity index is 479. The van der Waals surface area contributed by atoms with Gasteiger partial charge in [-0.3, -0.25) is 9.69 Å². The zero-order valence-electron chi connectivity index (χ0n) is 11.3. The largest absolute Gasteiger partial charge is 0.507 e. The van der Waals surface area contributed by atoms with Crippen molar-refractivity contribution in [2.24, 2.45) is 0 Å². The number of carbonyl (C=O) groups is 1. The minimum absolute atomic E-state index is 0.0123. The molecule has 1 aliphatic heterocycles. The molecule has 5 heteroatoms. The van der Waals surface area contributed by atoms with Crippen molar-refractivity contribution in [1.29, 1.82) is 0 Å². The molecule has 1 amide bonds.